The Kier molecular flexibility index (Phi) is 16.1. The van der Waals surface area contributed by atoms with Crippen LogP contribution in [0.15, 0.2) is 30.6 Å². The Hall–Kier alpha value is -1.31. The predicted molar refractivity (Wildman–Crippen MR) is 128 cm³/mol. The molecule has 1 rings (SSSR count). The smallest absolute Gasteiger partial charge is 0.421 e. The van der Waals surface area contributed by atoms with E-state index < -0.39 is 39.9 Å². The second kappa shape index (κ2) is 16.7. The summed E-state index contributed by atoms with van der Waals surface area (Å²) in [5.74, 6) is 0. The van der Waals surface area contributed by atoms with E-state index in [2.05, 4.69) is 37.7 Å². The number of sulfonamides is 2. The molecular formula is C20H34F6N2O7S2Si. The molecule has 18 heteroatoms. The molecule has 38 heavy (non-hydrogen) atoms. The normalized spacial score (nSPS) is 13.2. The quantitative estimate of drug-likeness (QED) is 0.111. The van der Waals surface area contributed by atoms with Gasteiger partial charge in [-0.3, -0.25) is 0 Å². The van der Waals surface area contributed by atoms with Crippen LogP contribution in [0.3, 0.4) is 0 Å². The van der Waals surface area contributed by atoms with Gasteiger partial charge in [-0.25, -0.2) is 21.4 Å². The molecule has 0 unspecified atom stereocenters. The van der Waals surface area contributed by atoms with Crippen LogP contribution in [-0.2, 0) is 39.5 Å². The maximum absolute atomic E-state index is 11.4. The van der Waals surface area contributed by atoms with Gasteiger partial charge in [0.05, 0.1) is 0 Å². The van der Waals surface area contributed by atoms with E-state index in [0.29, 0.717) is 26.0 Å². The SMILES string of the molecule is CCCCO[Si](C[n+]1ccccc1)(OCCCC)OCCCC.O=S(=O)([N-]S(=O)(=O)C(F)(F)F)C(F)(F)F. The number of rotatable bonds is 16. The number of hydrogen-bond acceptors (Lipinski definition) is 7. The lowest BCUT2D eigenvalue weighted by Crippen LogP contribution is -2.58. The fourth-order valence-electron chi connectivity index (χ4n) is 2.35. The lowest BCUT2D eigenvalue weighted by atomic mass is 10.4. The number of hydrogen-bond donors (Lipinski definition) is 0. The van der Waals surface area contributed by atoms with Crippen molar-refractivity contribution in [3.05, 3.63) is 34.7 Å². The largest absolute Gasteiger partial charge is 0.570 e. The van der Waals surface area contributed by atoms with Gasteiger partial charge in [0.15, 0.2) is 32.4 Å². The molecule has 0 amide bonds. The van der Waals surface area contributed by atoms with Crippen molar-refractivity contribution >= 4 is 28.9 Å². The predicted octanol–water partition coefficient (Wildman–Crippen LogP) is 4.96. The van der Waals surface area contributed by atoms with Gasteiger partial charge in [0.1, 0.15) is 0 Å². The van der Waals surface area contributed by atoms with Crippen molar-refractivity contribution in [2.24, 2.45) is 0 Å². The zero-order valence-electron chi connectivity index (χ0n) is 21.3. The van der Waals surface area contributed by atoms with E-state index in [0.717, 1.165) is 42.7 Å². The van der Waals surface area contributed by atoms with E-state index in [1.165, 1.54) is 0 Å². The Labute approximate surface area is 220 Å². The number of alkyl halides is 6. The molecule has 0 saturated heterocycles. The monoisotopic (exact) mass is 620 g/mol. The molecule has 0 aromatic carbocycles. The van der Waals surface area contributed by atoms with Crippen LogP contribution in [0.25, 0.3) is 4.13 Å². The second-order valence-electron chi connectivity index (χ2n) is 7.75. The number of aromatic nitrogens is 1. The van der Waals surface area contributed by atoms with Crippen LogP contribution >= 0.6 is 0 Å². The van der Waals surface area contributed by atoms with Crippen LogP contribution in [0, 0.1) is 0 Å². The minimum Gasteiger partial charge on any atom is -0.421 e. The second-order valence-corrected chi connectivity index (χ2v) is 13.7. The molecule has 0 N–H and O–H groups in total. The van der Waals surface area contributed by atoms with E-state index in [9.17, 15) is 43.2 Å². The Morgan fingerprint density at radius 3 is 1.32 bits per heavy atom. The van der Waals surface area contributed by atoms with E-state index in [1.807, 2.05) is 18.2 Å². The first-order valence-corrected chi connectivity index (χ1v) is 16.5. The molecule has 1 aromatic rings. The molecule has 0 fully saturated rings. The van der Waals surface area contributed by atoms with Crippen LogP contribution in [0.2, 0.25) is 0 Å². The highest BCUT2D eigenvalue weighted by Gasteiger charge is 2.47. The van der Waals surface area contributed by atoms with Crippen molar-refractivity contribution in [2.75, 3.05) is 19.8 Å². The zero-order valence-corrected chi connectivity index (χ0v) is 23.9. The highest BCUT2D eigenvalue weighted by Crippen LogP contribution is 2.36. The van der Waals surface area contributed by atoms with Gasteiger partial charge in [0, 0.05) is 32.0 Å². The summed E-state index contributed by atoms with van der Waals surface area (Å²) >= 11 is 0. The third-order valence-electron chi connectivity index (χ3n) is 4.39. The third kappa shape index (κ3) is 13.7. The Morgan fingerprint density at radius 2 is 1.03 bits per heavy atom. The van der Waals surface area contributed by atoms with Crippen molar-refractivity contribution in [1.82, 2.24) is 0 Å². The summed E-state index contributed by atoms with van der Waals surface area (Å²) in [6.07, 6.45) is 11.3. The Balaban J connectivity index is 0.000000793. The van der Waals surface area contributed by atoms with Gasteiger partial charge in [0.25, 0.3) is 0 Å². The first kappa shape index (κ1) is 36.7. The molecule has 0 aliphatic carbocycles. The zero-order chi connectivity index (χ0) is 29.5. The van der Waals surface area contributed by atoms with E-state index in [-0.39, 0.29) is 0 Å². The highest BCUT2D eigenvalue weighted by atomic mass is 32.3. The molecule has 0 aliphatic rings. The first-order valence-electron chi connectivity index (χ1n) is 11.7. The van der Waals surface area contributed by atoms with Crippen molar-refractivity contribution in [2.45, 2.75) is 76.5 Å². The third-order valence-corrected chi connectivity index (χ3v) is 9.82. The molecule has 1 heterocycles. The Bertz CT molecular complexity index is 927. The average Bonchev–Trinajstić information content (AvgIpc) is 2.79. The molecule has 0 spiro atoms. The molecule has 0 aliphatic heterocycles. The van der Waals surface area contributed by atoms with Crippen LogP contribution in [-0.4, -0.2) is 56.5 Å². The molecule has 0 saturated carbocycles. The minimum atomic E-state index is -6.72. The van der Waals surface area contributed by atoms with Gasteiger partial charge in [-0.2, -0.15) is 26.3 Å². The lowest BCUT2D eigenvalue weighted by Gasteiger charge is -2.27. The maximum Gasteiger partial charge on any atom is 0.570 e. The summed E-state index contributed by atoms with van der Waals surface area (Å²) in [5.41, 5.74) is -12.4. The lowest BCUT2D eigenvalue weighted by molar-refractivity contribution is -0.685. The van der Waals surface area contributed by atoms with Gasteiger partial charge in [-0.15, -0.1) is 0 Å². The highest BCUT2D eigenvalue weighted by molar-refractivity contribution is 8.13. The molecule has 0 atom stereocenters. The van der Waals surface area contributed by atoms with E-state index in [4.69, 9.17) is 13.3 Å². The summed E-state index contributed by atoms with van der Waals surface area (Å²) in [7, 11) is -16.1. The molecule has 9 nitrogen and oxygen atoms in total. The number of unbranched alkanes of at least 4 members (excludes halogenated alkanes) is 3. The molecule has 224 valence electrons. The summed E-state index contributed by atoms with van der Waals surface area (Å²) in [4.78, 5) is 0. The summed E-state index contributed by atoms with van der Waals surface area (Å²) in [6.45, 7) is 8.67. The molecular weight excluding hydrogens is 586 g/mol. The van der Waals surface area contributed by atoms with Gasteiger partial charge in [-0.05, 0) is 19.3 Å². The number of halogens is 6. The van der Waals surface area contributed by atoms with Crippen molar-refractivity contribution in [3.63, 3.8) is 0 Å². The van der Waals surface area contributed by atoms with E-state index >= 15 is 0 Å². The van der Waals surface area contributed by atoms with Crippen LogP contribution in [0.4, 0.5) is 26.3 Å². The molecule has 0 bridgehead atoms. The maximum atomic E-state index is 11.4. The minimum absolute atomic E-state index is 0.685. The molecule has 0 radical (unpaired) electrons. The van der Waals surface area contributed by atoms with Crippen LogP contribution in [0.5, 0.6) is 0 Å². The summed E-state index contributed by atoms with van der Waals surface area (Å²) < 4.78 is 130. The Morgan fingerprint density at radius 1 is 0.684 bits per heavy atom. The fourth-order valence-corrected chi connectivity index (χ4v) is 6.61. The van der Waals surface area contributed by atoms with E-state index in [1.54, 1.807) is 0 Å². The van der Waals surface area contributed by atoms with Gasteiger partial charge < -0.3 is 17.4 Å². The number of nitrogens with zero attached hydrogens (tertiary/aromatic N) is 2. The fraction of sp³-hybridized carbons (Fsp3) is 0.750. The van der Waals surface area contributed by atoms with Crippen molar-refractivity contribution in [1.29, 1.82) is 0 Å². The van der Waals surface area contributed by atoms with Crippen LogP contribution < -0.4 is 4.57 Å². The van der Waals surface area contributed by atoms with Gasteiger partial charge in [-0.1, -0.05) is 46.1 Å². The molecule has 1 aromatic heterocycles. The summed E-state index contributed by atoms with van der Waals surface area (Å²) in [6, 6.07) is 6.08. The van der Waals surface area contributed by atoms with Crippen molar-refractivity contribution in [3.8, 4) is 0 Å². The standard InChI is InChI=1S/C18H34NO3Si.C2F6NO4S2/c1-4-7-15-20-23(21-16-8-5-2,22-17-9-6-3)18-19-13-11-10-12-14-19;3-1(4,5)14(10,11)9-15(12,13)2(6,7)8/h10-14H,4-9,15-18H2,1-3H3;/q+1;-1. The van der Waals surface area contributed by atoms with Gasteiger partial charge >= 0.3 is 19.8 Å². The first-order chi connectivity index (χ1) is 17.5. The van der Waals surface area contributed by atoms with Crippen LogP contribution in [0.1, 0.15) is 59.3 Å². The summed E-state index contributed by atoms with van der Waals surface area (Å²) in [5, 5.41) is 0. The van der Waals surface area contributed by atoms with Gasteiger partial charge in [0.2, 0.25) is 6.17 Å². The van der Waals surface area contributed by atoms with Crippen molar-refractivity contribution < 1.29 is 61.0 Å². The average molecular weight is 621 g/mol. The number of pyridine rings is 1. The topological polar surface area (TPSA) is 114 Å².